The molecule has 4 heteroatoms. The molecule has 1 saturated heterocycles. The van der Waals surface area contributed by atoms with E-state index >= 15 is 0 Å². The summed E-state index contributed by atoms with van der Waals surface area (Å²) in [5.41, 5.74) is 8.34. The molecule has 3 rings (SSSR count). The Hall–Kier alpha value is -0.770. The minimum atomic E-state index is -0.104. The predicted octanol–water partition coefficient (Wildman–Crippen LogP) is 2.12. The van der Waals surface area contributed by atoms with Crippen LogP contribution in [-0.4, -0.2) is 26.3 Å². The molecule has 1 aliphatic heterocycles. The first-order chi connectivity index (χ1) is 8.19. The lowest BCUT2D eigenvalue weighted by molar-refractivity contribution is 0.122. The van der Waals surface area contributed by atoms with Crippen molar-refractivity contribution in [2.24, 2.45) is 5.73 Å². The summed E-state index contributed by atoms with van der Waals surface area (Å²) in [6, 6.07) is 6.24. The Morgan fingerprint density at radius 2 is 1.94 bits per heavy atom. The second kappa shape index (κ2) is 4.16. The molecule has 92 valence electrons. The third-order valence-corrected chi connectivity index (χ3v) is 3.97. The van der Waals surface area contributed by atoms with Crippen LogP contribution in [0.2, 0.25) is 5.02 Å². The molecule has 0 spiro atoms. The maximum Gasteiger partial charge on any atom is 0.0643 e. The number of halogens is 1. The number of benzene rings is 1. The number of nitrogens with two attached hydrogens (primary N) is 1. The van der Waals surface area contributed by atoms with E-state index in [1.54, 1.807) is 0 Å². The van der Waals surface area contributed by atoms with E-state index in [9.17, 15) is 0 Å². The largest absolute Gasteiger partial charge is 0.378 e. The fraction of sp³-hybridized carbons (Fsp3) is 0.538. The van der Waals surface area contributed by atoms with Crippen molar-refractivity contribution in [2.75, 3.05) is 31.2 Å². The molecule has 2 fully saturated rings. The Morgan fingerprint density at radius 3 is 2.53 bits per heavy atom. The highest BCUT2D eigenvalue weighted by molar-refractivity contribution is 6.33. The lowest BCUT2D eigenvalue weighted by Crippen LogP contribution is -2.36. The molecule has 3 nitrogen and oxygen atoms in total. The van der Waals surface area contributed by atoms with Gasteiger partial charge in [0.2, 0.25) is 0 Å². The maximum atomic E-state index is 6.36. The van der Waals surface area contributed by atoms with Gasteiger partial charge in [-0.25, -0.2) is 0 Å². The van der Waals surface area contributed by atoms with Crippen LogP contribution in [0.5, 0.6) is 0 Å². The molecular formula is C13H17ClN2O. The smallest absolute Gasteiger partial charge is 0.0643 e. The molecular weight excluding hydrogens is 236 g/mol. The number of rotatable bonds is 2. The van der Waals surface area contributed by atoms with Crippen LogP contribution in [0, 0.1) is 0 Å². The van der Waals surface area contributed by atoms with E-state index in [0.29, 0.717) is 0 Å². The van der Waals surface area contributed by atoms with Gasteiger partial charge < -0.3 is 15.4 Å². The Bertz CT molecular complexity index is 425. The summed E-state index contributed by atoms with van der Waals surface area (Å²) in [6.45, 7) is 3.37. The number of anilines is 1. The summed E-state index contributed by atoms with van der Waals surface area (Å²) < 4.78 is 5.34. The second-order valence-corrected chi connectivity index (χ2v) is 5.33. The van der Waals surface area contributed by atoms with Crippen molar-refractivity contribution >= 4 is 17.3 Å². The first-order valence-electron chi connectivity index (χ1n) is 6.11. The van der Waals surface area contributed by atoms with E-state index < -0.39 is 0 Å². The number of ether oxygens (including phenoxy) is 1. The molecule has 0 aromatic heterocycles. The highest BCUT2D eigenvalue weighted by Gasteiger charge is 2.40. The Morgan fingerprint density at radius 1 is 1.24 bits per heavy atom. The van der Waals surface area contributed by atoms with Gasteiger partial charge in [-0.2, -0.15) is 0 Å². The van der Waals surface area contributed by atoms with E-state index in [1.807, 2.05) is 6.07 Å². The Kier molecular flexibility index (Phi) is 2.77. The predicted molar refractivity (Wildman–Crippen MR) is 69.6 cm³/mol. The third kappa shape index (κ3) is 2.15. The van der Waals surface area contributed by atoms with Crippen molar-refractivity contribution in [3.8, 4) is 0 Å². The highest BCUT2D eigenvalue weighted by Crippen LogP contribution is 2.44. The molecule has 0 unspecified atom stereocenters. The molecule has 0 radical (unpaired) electrons. The van der Waals surface area contributed by atoms with Gasteiger partial charge in [0, 0.05) is 18.6 Å². The van der Waals surface area contributed by atoms with Crippen molar-refractivity contribution in [3.05, 3.63) is 28.8 Å². The van der Waals surface area contributed by atoms with Crippen LogP contribution in [0.25, 0.3) is 0 Å². The summed E-state index contributed by atoms with van der Waals surface area (Å²) in [7, 11) is 0. The van der Waals surface area contributed by atoms with Crippen LogP contribution in [0.15, 0.2) is 18.2 Å². The minimum Gasteiger partial charge on any atom is -0.378 e. The third-order valence-electron chi connectivity index (χ3n) is 3.66. The quantitative estimate of drug-likeness (QED) is 0.876. The van der Waals surface area contributed by atoms with Gasteiger partial charge in [-0.15, -0.1) is 0 Å². The van der Waals surface area contributed by atoms with Crippen molar-refractivity contribution < 1.29 is 4.74 Å². The van der Waals surface area contributed by atoms with Gasteiger partial charge in [0.05, 0.1) is 23.9 Å². The Labute approximate surface area is 106 Å². The molecule has 0 bridgehead atoms. The van der Waals surface area contributed by atoms with E-state index in [0.717, 1.165) is 49.9 Å². The molecule has 1 aromatic rings. The van der Waals surface area contributed by atoms with Crippen molar-refractivity contribution in [1.82, 2.24) is 0 Å². The first-order valence-corrected chi connectivity index (χ1v) is 6.48. The zero-order chi connectivity index (χ0) is 11.9. The average molecular weight is 253 g/mol. The second-order valence-electron chi connectivity index (χ2n) is 4.92. The van der Waals surface area contributed by atoms with Crippen molar-refractivity contribution in [1.29, 1.82) is 0 Å². The van der Waals surface area contributed by atoms with E-state index in [1.165, 1.54) is 5.56 Å². The molecule has 1 aliphatic carbocycles. The molecule has 1 saturated carbocycles. The first kappa shape index (κ1) is 11.3. The summed E-state index contributed by atoms with van der Waals surface area (Å²) in [6.07, 6.45) is 2.14. The van der Waals surface area contributed by atoms with Crippen LogP contribution >= 0.6 is 11.6 Å². The molecule has 2 aliphatic rings. The molecule has 17 heavy (non-hydrogen) atoms. The van der Waals surface area contributed by atoms with Crippen LogP contribution in [-0.2, 0) is 10.3 Å². The molecule has 1 aromatic carbocycles. The summed E-state index contributed by atoms with van der Waals surface area (Å²) in [5.74, 6) is 0. The fourth-order valence-electron chi connectivity index (χ4n) is 2.30. The normalized spacial score (nSPS) is 22.6. The summed E-state index contributed by atoms with van der Waals surface area (Å²) in [5, 5.41) is 0.807. The zero-order valence-electron chi connectivity index (χ0n) is 9.79. The fourth-order valence-corrected chi connectivity index (χ4v) is 2.60. The van der Waals surface area contributed by atoms with E-state index in [2.05, 4.69) is 17.0 Å². The highest BCUT2D eigenvalue weighted by atomic mass is 35.5. The van der Waals surface area contributed by atoms with Gasteiger partial charge in [0.1, 0.15) is 0 Å². The van der Waals surface area contributed by atoms with Gasteiger partial charge >= 0.3 is 0 Å². The maximum absolute atomic E-state index is 6.36. The topological polar surface area (TPSA) is 38.5 Å². The van der Waals surface area contributed by atoms with Gasteiger partial charge in [-0.3, -0.25) is 0 Å². The van der Waals surface area contributed by atoms with E-state index in [-0.39, 0.29) is 5.54 Å². The van der Waals surface area contributed by atoms with Crippen LogP contribution < -0.4 is 10.6 Å². The summed E-state index contributed by atoms with van der Waals surface area (Å²) >= 11 is 6.36. The standard InChI is InChI=1S/C13H17ClN2O/c14-11-9-10(13(15)3-4-13)1-2-12(11)16-5-7-17-8-6-16/h1-2,9H,3-8,15H2. The van der Waals surface area contributed by atoms with E-state index in [4.69, 9.17) is 22.1 Å². The summed E-state index contributed by atoms with van der Waals surface area (Å²) in [4.78, 5) is 2.27. The minimum absolute atomic E-state index is 0.104. The van der Waals surface area contributed by atoms with Gasteiger partial charge in [-0.05, 0) is 30.5 Å². The van der Waals surface area contributed by atoms with Crippen LogP contribution in [0.4, 0.5) is 5.69 Å². The van der Waals surface area contributed by atoms with Gasteiger partial charge in [0.25, 0.3) is 0 Å². The monoisotopic (exact) mass is 252 g/mol. The molecule has 0 atom stereocenters. The molecule has 2 N–H and O–H groups in total. The number of nitrogens with zero attached hydrogens (tertiary/aromatic N) is 1. The van der Waals surface area contributed by atoms with Crippen molar-refractivity contribution in [3.63, 3.8) is 0 Å². The van der Waals surface area contributed by atoms with Crippen LogP contribution in [0.3, 0.4) is 0 Å². The number of hydrogen-bond acceptors (Lipinski definition) is 3. The number of morpholine rings is 1. The lowest BCUT2D eigenvalue weighted by Gasteiger charge is -2.30. The number of hydrogen-bond donors (Lipinski definition) is 1. The molecule has 0 amide bonds. The Balaban J connectivity index is 1.85. The zero-order valence-corrected chi connectivity index (χ0v) is 10.5. The average Bonchev–Trinajstić information content (AvgIpc) is 3.10. The van der Waals surface area contributed by atoms with Gasteiger partial charge in [0.15, 0.2) is 0 Å². The SMILES string of the molecule is NC1(c2ccc(N3CCOCC3)c(Cl)c2)CC1. The van der Waals surface area contributed by atoms with Gasteiger partial charge in [-0.1, -0.05) is 17.7 Å². The molecule has 1 heterocycles. The lowest BCUT2D eigenvalue weighted by atomic mass is 10.1. The van der Waals surface area contributed by atoms with Crippen LogP contribution in [0.1, 0.15) is 18.4 Å². The van der Waals surface area contributed by atoms with Crippen molar-refractivity contribution in [2.45, 2.75) is 18.4 Å².